The molecule has 7 nitrogen and oxygen atoms in total. The summed E-state index contributed by atoms with van der Waals surface area (Å²) in [6.07, 6.45) is -0.281. The fourth-order valence-electron chi connectivity index (χ4n) is 2.08. The van der Waals surface area contributed by atoms with Crippen LogP contribution in [0.4, 0.5) is 15.8 Å². The normalized spacial score (nSPS) is 10.2. The molecule has 0 radical (unpaired) electrons. The Kier molecular flexibility index (Phi) is 5.78. The number of benzene rings is 2. The summed E-state index contributed by atoms with van der Waals surface area (Å²) < 4.78 is 18.2. The highest BCUT2D eigenvalue weighted by atomic mass is 19.1. The van der Waals surface area contributed by atoms with Gasteiger partial charge in [-0.05, 0) is 30.2 Å². The number of hydrogen-bond acceptors (Lipinski definition) is 5. The van der Waals surface area contributed by atoms with Crippen LogP contribution in [0.3, 0.4) is 0 Å². The van der Waals surface area contributed by atoms with Crippen LogP contribution in [0.1, 0.15) is 11.1 Å². The van der Waals surface area contributed by atoms with Gasteiger partial charge in [0.25, 0.3) is 11.6 Å². The van der Waals surface area contributed by atoms with Crippen molar-refractivity contribution in [2.75, 3.05) is 11.9 Å². The molecule has 2 aromatic rings. The lowest BCUT2D eigenvalue weighted by Crippen LogP contribution is -2.22. The van der Waals surface area contributed by atoms with Gasteiger partial charge < -0.3 is 10.1 Å². The first-order valence-electron chi connectivity index (χ1n) is 7.30. The Morgan fingerprint density at radius 3 is 2.60 bits per heavy atom. The van der Waals surface area contributed by atoms with Crippen molar-refractivity contribution in [1.29, 1.82) is 0 Å². The summed E-state index contributed by atoms with van der Waals surface area (Å²) in [5.41, 5.74) is 0.965. The van der Waals surface area contributed by atoms with E-state index >= 15 is 0 Å². The van der Waals surface area contributed by atoms with Crippen LogP contribution in [0.5, 0.6) is 0 Å². The molecule has 0 fully saturated rings. The number of carbonyl (C=O) groups is 2. The molecule has 0 heterocycles. The van der Waals surface area contributed by atoms with Gasteiger partial charge in [-0.1, -0.05) is 18.2 Å². The predicted octanol–water partition coefficient (Wildman–Crippen LogP) is 2.77. The minimum absolute atomic E-state index is 0.0909. The third kappa shape index (κ3) is 5.10. The van der Waals surface area contributed by atoms with Gasteiger partial charge in [0.15, 0.2) is 6.61 Å². The summed E-state index contributed by atoms with van der Waals surface area (Å²) in [7, 11) is 0. The number of carbonyl (C=O) groups excluding carboxylic acids is 2. The number of amides is 1. The van der Waals surface area contributed by atoms with Gasteiger partial charge in [-0.2, -0.15) is 0 Å². The minimum Gasteiger partial charge on any atom is -0.455 e. The molecule has 0 bridgehead atoms. The molecule has 0 aliphatic heterocycles. The Balaban J connectivity index is 1.87. The highest BCUT2D eigenvalue weighted by Gasteiger charge is 2.13. The summed E-state index contributed by atoms with van der Waals surface area (Å²) in [6, 6.07) is 9.75. The number of halogens is 1. The number of hydrogen-bond donors (Lipinski definition) is 1. The lowest BCUT2D eigenvalue weighted by atomic mass is 10.1. The maximum absolute atomic E-state index is 13.4. The quantitative estimate of drug-likeness (QED) is 0.493. The van der Waals surface area contributed by atoms with Crippen LogP contribution in [-0.4, -0.2) is 23.4 Å². The molecular weight excluding hydrogens is 331 g/mol. The number of nitrogens with zero attached hydrogens (tertiary/aromatic N) is 1. The van der Waals surface area contributed by atoms with Gasteiger partial charge >= 0.3 is 5.97 Å². The van der Waals surface area contributed by atoms with Gasteiger partial charge in [0.2, 0.25) is 0 Å². The van der Waals surface area contributed by atoms with Crippen molar-refractivity contribution in [3.8, 4) is 0 Å². The Hall–Kier alpha value is -3.29. The topological polar surface area (TPSA) is 98.5 Å². The standard InChI is InChI=1S/C17H15FN2O5/c1-11-8-13(20(23)24)6-7-15(11)19-16(21)10-25-17(22)9-12-4-2-3-5-14(12)18/h2-8H,9-10H2,1H3,(H,19,21). The zero-order valence-corrected chi connectivity index (χ0v) is 13.3. The Bertz CT molecular complexity index is 822. The maximum Gasteiger partial charge on any atom is 0.310 e. The van der Waals surface area contributed by atoms with E-state index in [1.807, 2.05) is 0 Å². The zero-order chi connectivity index (χ0) is 18.4. The van der Waals surface area contributed by atoms with Crippen LogP contribution in [0, 0.1) is 22.9 Å². The smallest absolute Gasteiger partial charge is 0.310 e. The molecule has 25 heavy (non-hydrogen) atoms. The number of nitrogens with one attached hydrogen (secondary N) is 1. The van der Waals surface area contributed by atoms with Gasteiger partial charge in [-0.25, -0.2) is 4.39 Å². The highest BCUT2D eigenvalue weighted by Crippen LogP contribution is 2.21. The first-order chi connectivity index (χ1) is 11.9. The molecule has 1 N–H and O–H groups in total. The molecule has 130 valence electrons. The van der Waals surface area contributed by atoms with Crippen molar-refractivity contribution in [1.82, 2.24) is 0 Å². The van der Waals surface area contributed by atoms with Crippen molar-refractivity contribution in [3.63, 3.8) is 0 Å². The van der Waals surface area contributed by atoms with Gasteiger partial charge in [-0.15, -0.1) is 0 Å². The van der Waals surface area contributed by atoms with Gasteiger partial charge in [0.05, 0.1) is 11.3 Å². The molecule has 0 spiro atoms. The molecular formula is C17H15FN2O5. The van der Waals surface area contributed by atoms with Crippen molar-refractivity contribution < 1.29 is 23.6 Å². The maximum atomic E-state index is 13.4. The van der Waals surface area contributed by atoms with E-state index in [9.17, 15) is 24.1 Å². The van der Waals surface area contributed by atoms with Crippen molar-refractivity contribution >= 4 is 23.3 Å². The van der Waals surface area contributed by atoms with E-state index in [0.717, 1.165) is 0 Å². The number of ether oxygens (including phenoxy) is 1. The number of esters is 1. The van der Waals surface area contributed by atoms with Gasteiger partial charge in [0, 0.05) is 17.8 Å². The first-order valence-corrected chi connectivity index (χ1v) is 7.30. The molecule has 0 aliphatic carbocycles. The average Bonchev–Trinajstić information content (AvgIpc) is 2.57. The van der Waals surface area contributed by atoms with Gasteiger partial charge in [0.1, 0.15) is 5.82 Å². The number of anilines is 1. The van der Waals surface area contributed by atoms with Crippen LogP contribution >= 0.6 is 0 Å². The summed E-state index contributed by atoms with van der Waals surface area (Å²) in [4.78, 5) is 33.6. The lowest BCUT2D eigenvalue weighted by molar-refractivity contribution is -0.384. The van der Waals surface area contributed by atoms with Crippen molar-refractivity contribution in [2.45, 2.75) is 13.3 Å². The molecule has 0 saturated carbocycles. The minimum atomic E-state index is -0.735. The fraction of sp³-hybridized carbons (Fsp3) is 0.176. The van der Waals surface area contributed by atoms with Crippen LogP contribution in [0.15, 0.2) is 42.5 Å². The van der Waals surface area contributed by atoms with Crippen LogP contribution in [-0.2, 0) is 20.7 Å². The van der Waals surface area contributed by atoms with E-state index < -0.39 is 29.2 Å². The summed E-state index contributed by atoms with van der Waals surface area (Å²) in [5.74, 6) is -1.86. The molecule has 0 atom stereocenters. The van der Waals surface area contributed by atoms with E-state index in [1.165, 1.54) is 36.4 Å². The second kappa shape index (κ2) is 8.00. The third-order valence-electron chi connectivity index (χ3n) is 3.35. The number of rotatable bonds is 6. The second-order valence-corrected chi connectivity index (χ2v) is 5.23. The van der Waals surface area contributed by atoms with Crippen LogP contribution in [0.25, 0.3) is 0 Å². The second-order valence-electron chi connectivity index (χ2n) is 5.23. The third-order valence-corrected chi connectivity index (χ3v) is 3.35. The van der Waals surface area contributed by atoms with E-state index in [0.29, 0.717) is 11.3 Å². The monoisotopic (exact) mass is 346 g/mol. The molecule has 8 heteroatoms. The van der Waals surface area contributed by atoms with Gasteiger partial charge in [-0.3, -0.25) is 19.7 Å². The zero-order valence-electron chi connectivity index (χ0n) is 13.3. The lowest BCUT2D eigenvalue weighted by Gasteiger charge is -2.09. The number of non-ortho nitro benzene ring substituents is 1. The Morgan fingerprint density at radius 1 is 1.24 bits per heavy atom. The van der Waals surface area contributed by atoms with Crippen LogP contribution < -0.4 is 5.32 Å². The van der Waals surface area contributed by atoms with E-state index in [-0.39, 0.29) is 17.7 Å². The molecule has 0 aliphatic rings. The molecule has 1 amide bonds. The molecule has 0 aromatic heterocycles. The fourth-order valence-corrected chi connectivity index (χ4v) is 2.08. The molecule has 2 aromatic carbocycles. The van der Waals surface area contributed by atoms with Crippen molar-refractivity contribution in [3.05, 3.63) is 69.5 Å². The number of nitro groups is 1. The first kappa shape index (κ1) is 18.1. The predicted molar refractivity (Wildman–Crippen MR) is 87.5 cm³/mol. The van der Waals surface area contributed by atoms with E-state index in [2.05, 4.69) is 5.32 Å². The summed E-state index contributed by atoms with van der Waals surface area (Å²) in [5, 5.41) is 13.2. The van der Waals surface area contributed by atoms with E-state index in [4.69, 9.17) is 4.74 Å². The summed E-state index contributed by atoms with van der Waals surface area (Å²) in [6.45, 7) is 1.07. The molecule has 0 saturated heterocycles. The Labute approximate surface area is 142 Å². The number of aryl methyl sites for hydroxylation is 1. The van der Waals surface area contributed by atoms with Crippen molar-refractivity contribution in [2.24, 2.45) is 0 Å². The molecule has 2 rings (SSSR count). The molecule has 0 unspecified atom stereocenters. The Morgan fingerprint density at radius 2 is 1.96 bits per heavy atom. The highest BCUT2D eigenvalue weighted by molar-refractivity contribution is 5.93. The SMILES string of the molecule is Cc1cc([N+](=O)[O-])ccc1NC(=O)COC(=O)Cc1ccccc1F. The average molecular weight is 346 g/mol. The van der Waals surface area contributed by atoms with E-state index in [1.54, 1.807) is 13.0 Å². The summed E-state index contributed by atoms with van der Waals surface area (Å²) >= 11 is 0. The largest absolute Gasteiger partial charge is 0.455 e. The van der Waals surface area contributed by atoms with Crippen LogP contribution in [0.2, 0.25) is 0 Å². The number of nitro benzene ring substituents is 1.